The molecule has 0 fully saturated rings. The van der Waals surface area contributed by atoms with E-state index in [1.165, 1.54) is 6.92 Å². The van der Waals surface area contributed by atoms with Crippen molar-refractivity contribution in [1.29, 1.82) is 0 Å². The zero-order valence-corrected chi connectivity index (χ0v) is 16.8. The molecule has 0 radical (unpaired) electrons. The summed E-state index contributed by atoms with van der Waals surface area (Å²) in [6.45, 7) is 8.08. The topological polar surface area (TPSA) is 103 Å². The van der Waals surface area contributed by atoms with Crippen molar-refractivity contribution in [2.75, 3.05) is 54.1 Å². The molecule has 25 heavy (non-hydrogen) atoms. The number of rotatable bonds is 13. The number of quaternary nitrogens is 1. The Labute approximate surface area is 149 Å². The van der Waals surface area contributed by atoms with Crippen LogP contribution in [0.2, 0.25) is 0 Å². The first-order valence-corrected chi connectivity index (χ1v) is 9.40. The normalized spacial score (nSPS) is 14.8. The fraction of sp³-hybridized carbons (Fsp3) is 0.800. The van der Waals surface area contributed by atoms with Crippen LogP contribution in [-0.2, 0) is 32.6 Å². The predicted molar refractivity (Wildman–Crippen MR) is 89.3 cm³/mol. The van der Waals surface area contributed by atoms with Crippen molar-refractivity contribution in [3.63, 3.8) is 0 Å². The lowest BCUT2D eigenvalue weighted by Crippen LogP contribution is -2.46. The van der Waals surface area contributed by atoms with Gasteiger partial charge in [-0.05, 0) is 20.8 Å². The number of esters is 1. The van der Waals surface area contributed by atoms with Gasteiger partial charge in [-0.25, -0.2) is 4.79 Å². The van der Waals surface area contributed by atoms with Gasteiger partial charge in [0.05, 0.1) is 34.4 Å². The minimum absolute atomic E-state index is 0.0495. The van der Waals surface area contributed by atoms with E-state index in [2.05, 4.69) is 6.58 Å². The first-order chi connectivity index (χ1) is 11.4. The maximum atomic E-state index is 11.9. The van der Waals surface area contributed by atoms with Crippen molar-refractivity contribution in [2.45, 2.75) is 26.7 Å². The van der Waals surface area contributed by atoms with Crippen molar-refractivity contribution in [3.05, 3.63) is 12.2 Å². The number of hydrogen-bond donors (Lipinski definition) is 0. The summed E-state index contributed by atoms with van der Waals surface area (Å²) in [5, 5.41) is 0. The summed E-state index contributed by atoms with van der Waals surface area (Å²) >= 11 is 0. The Hall–Kier alpha value is -0.800. The van der Waals surface area contributed by atoms with E-state index in [-0.39, 0.29) is 25.4 Å². The van der Waals surface area contributed by atoms with Crippen LogP contribution in [0.15, 0.2) is 12.2 Å². The van der Waals surface area contributed by atoms with Gasteiger partial charge < -0.3 is 32.6 Å². The van der Waals surface area contributed by atoms with Gasteiger partial charge in [-0.1, -0.05) is 6.58 Å². The van der Waals surface area contributed by atoms with Gasteiger partial charge in [0.15, 0.2) is 0 Å². The van der Waals surface area contributed by atoms with Crippen LogP contribution in [-0.4, -0.2) is 70.5 Å². The van der Waals surface area contributed by atoms with Gasteiger partial charge in [0, 0.05) is 5.57 Å². The minimum atomic E-state index is -4.62. The molecular formula is C15H30NO8P. The zero-order chi connectivity index (χ0) is 19.7. The highest BCUT2D eigenvalue weighted by molar-refractivity contribution is 7.45. The minimum Gasteiger partial charge on any atom is -0.756 e. The number of carbonyl (C=O) groups is 1. The van der Waals surface area contributed by atoms with E-state index in [9.17, 15) is 14.3 Å². The van der Waals surface area contributed by atoms with Crippen molar-refractivity contribution >= 4 is 13.8 Å². The van der Waals surface area contributed by atoms with Crippen LogP contribution in [0, 0.1) is 0 Å². The van der Waals surface area contributed by atoms with Gasteiger partial charge in [-0.3, -0.25) is 4.57 Å². The second-order valence-electron chi connectivity index (χ2n) is 6.29. The molecule has 0 saturated heterocycles. The van der Waals surface area contributed by atoms with Gasteiger partial charge in [-0.2, -0.15) is 0 Å². The molecule has 148 valence electrons. The summed E-state index contributed by atoms with van der Waals surface area (Å²) in [6, 6.07) is 0. The maximum Gasteiger partial charge on any atom is 0.354 e. The van der Waals surface area contributed by atoms with E-state index in [0.717, 1.165) is 0 Å². The number of ether oxygens (including phenoxy) is 3. The highest BCUT2D eigenvalue weighted by Crippen LogP contribution is 2.39. The lowest BCUT2D eigenvalue weighted by atomic mass is 10.3. The molecule has 0 aromatic rings. The molecule has 0 bridgehead atoms. The number of hydrogen-bond acceptors (Lipinski definition) is 8. The molecule has 9 nitrogen and oxygen atoms in total. The smallest absolute Gasteiger partial charge is 0.354 e. The summed E-state index contributed by atoms with van der Waals surface area (Å²) in [7, 11) is 1.06. The molecule has 10 heteroatoms. The Balaban J connectivity index is 4.96. The molecule has 0 saturated carbocycles. The molecule has 1 atom stereocenters. The van der Waals surface area contributed by atoms with Crippen LogP contribution in [0.5, 0.6) is 0 Å². The molecule has 0 rings (SSSR count). The highest BCUT2D eigenvalue weighted by atomic mass is 31.2. The molecule has 0 aliphatic rings. The van der Waals surface area contributed by atoms with E-state index in [1.54, 1.807) is 13.8 Å². The first-order valence-electron chi connectivity index (χ1n) is 7.93. The van der Waals surface area contributed by atoms with Gasteiger partial charge in [0.1, 0.15) is 19.8 Å². The highest BCUT2D eigenvalue weighted by Gasteiger charge is 2.39. The Kier molecular flexibility index (Phi) is 10.0. The number of phosphoric ester groups is 1. The summed E-state index contributed by atoms with van der Waals surface area (Å²) in [5.74, 6) is -2.79. The average Bonchev–Trinajstić information content (AvgIpc) is 2.44. The van der Waals surface area contributed by atoms with Crippen LogP contribution >= 0.6 is 7.82 Å². The van der Waals surface area contributed by atoms with Crippen LogP contribution in [0.25, 0.3) is 0 Å². The van der Waals surface area contributed by atoms with Crippen LogP contribution in [0.4, 0.5) is 0 Å². The van der Waals surface area contributed by atoms with Gasteiger partial charge >= 0.3 is 11.9 Å². The number of phosphoric acid groups is 1. The summed E-state index contributed by atoms with van der Waals surface area (Å²) in [6.07, 6.45) is 0. The van der Waals surface area contributed by atoms with Crippen molar-refractivity contribution in [3.8, 4) is 0 Å². The van der Waals surface area contributed by atoms with Crippen molar-refractivity contribution in [1.82, 2.24) is 0 Å². The van der Waals surface area contributed by atoms with Gasteiger partial charge in [0.2, 0.25) is 0 Å². The average molecular weight is 383 g/mol. The van der Waals surface area contributed by atoms with Gasteiger partial charge in [-0.15, -0.1) is 0 Å². The Morgan fingerprint density at radius 3 is 2.08 bits per heavy atom. The first kappa shape index (κ1) is 24.2. The largest absolute Gasteiger partial charge is 0.756 e. The number of likely N-dealkylation sites (N-methyl/N-ethyl adjacent to an activating group) is 1. The van der Waals surface area contributed by atoms with Crippen LogP contribution < -0.4 is 4.89 Å². The maximum absolute atomic E-state index is 11.9. The lowest BCUT2D eigenvalue weighted by molar-refractivity contribution is -0.870. The third kappa shape index (κ3) is 10.7. The van der Waals surface area contributed by atoms with Crippen LogP contribution in [0.1, 0.15) is 20.8 Å². The van der Waals surface area contributed by atoms with Crippen molar-refractivity contribution in [2.24, 2.45) is 0 Å². The summed E-state index contributed by atoms with van der Waals surface area (Å²) in [4.78, 5) is 23.7. The molecule has 0 aromatic heterocycles. The van der Waals surface area contributed by atoms with E-state index < -0.39 is 26.4 Å². The fourth-order valence-corrected chi connectivity index (χ4v) is 2.20. The van der Waals surface area contributed by atoms with Gasteiger partial charge in [0.25, 0.3) is 7.82 Å². The molecule has 0 amide bonds. The van der Waals surface area contributed by atoms with E-state index in [4.69, 9.17) is 23.3 Å². The second-order valence-corrected chi connectivity index (χ2v) is 7.70. The standard InChI is InChI=1S/C15H30NO8P/c1-8-20-15(21-9-2,24-14(17)13(3)4)12-23-25(18,19)22-11-10-16(5,6)7/h3,8-12H2,1-2,4-7H3. The van der Waals surface area contributed by atoms with E-state index >= 15 is 0 Å². The molecule has 0 N–H and O–H groups in total. The number of carbonyl (C=O) groups excluding carboxylic acids is 1. The molecule has 1 unspecified atom stereocenters. The predicted octanol–water partition coefficient (Wildman–Crippen LogP) is 1.04. The molecule has 0 aliphatic carbocycles. The van der Waals surface area contributed by atoms with E-state index in [0.29, 0.717) is 11.0 Å². The third-order valence-electron chi connectivity index (χ3n) is 2.74. The molecule has 0 aromatic carbocycles. The third-order valence-corrected chi connectivity index (χ3v) is 3.68. The van der Waals surface area contributed by atoms with Crippen molar-refractivity contribution < 1.29 is 42.0 Å². The second kappa shape index (κ2) is 10.4. The fourth-order valence-electron chi connectivity index (χ4n) is 1.50. The number of nitrogens with zero attached hydrogens (tertiary/aromatic N) is 1. The Bertz CT molecular complexity index is 482. The Morgan fingerprint density at radius 2 is 1.68 bits per heavy atom. The molecule has 0 spiro atoms. The Morgan fingerprint density at radius 1 is 1.16 bits per heavy atom. The monoisotopic (exact) mass is 383 g/mol. The molecule has 0 aliphatic heterocycles. The summed E-state index contributed by atoms with van der Waals surface area (Å²) in [5.41, 5.74) is 0.105. The quantitative estimate of drug-likeness (QED) is 0.153. The molecule has 0 heterocycles. The van der Waals surface area contributed by atoms with E-state index in [1.807, 2.05) is 21.1 Å². The molecular weight excluding hydrogens is 353 g/mol. The van der Waals surface area contributed by atoms with Crippen LogP contribution in [0.3, 0.4) is 0 Å². The summed E-state index contributed by atoms with van der Waals surface area (Å²) < 4.78 is 37.7. The zero-order valence-electron chi connectivity index (χ0n) is 15.9. The lowest BCUT2D eigenvalue weighted by Gasteiger charge is -2.34. The SMILES string of the molecule is C=C(C)C(=O)OC(COP(=O)([O-])OCC[N+](C)(C)C)(OCC)OCC.